The Bertz CT molecular complexity index is 4330. The third kappa shape index (κ3) is 17.4. The van der Waals surface area contributed by atoms with Crippen molar-refractivity contribution in [1.29, 1.82) is 0 Å². The van der Waals surface area contributed by atoms with Crippen molar-refractivity contribution in [3.05, 3.63) is 263 Å². The average Bonchev–Trinajstić information content (AvgIpc) is 1.52. The molecule has 8 aliphatic heterocycles. The minimum absolute atomic E-state index is 0.0175. The molecule has 16 heteroatoms. The molecule has 0 amide bonds. The Morgan fingerprint density at radius 1 is 0.322 bits per heavy atom. The van der Waals surface area contributed by atoms with Gasteiger partial charge in [-0.3, -0.25) is 0 Å². The molecule has 0 aromatic heterocycles. The molecule has 8 bridgehead atoms. The number of fused-ring (bicyclic) bond motifs is 8. The number of benzene rings is 8. The zero-order valence-electron chi connectivity index (χ0n) is 68.1. The topological polar surface area (TPSA) is 148 Å². The Hall–Kier alpha value is -7.52. The predicted octanol–water partition coefficient (Wildman–Crippen LogP) is 18.4. The van der Waals surface area contributed by atoms with Gasteiger partial charge >= 0.3 is 0 Å². The largest absolute Gasteiger partial charge is 0.467 e. The summed E-state index contributed by atoms with van der Waals surface area (Å²) in [6, 6.07) is 77.1. The number of methoxy groups -OCH3 is 4. The molecule has 0 radical (unpaired) electrons. The minimum atomic E-state index is -0.823. The molecule has 0 aliphatic carbocycles. The van der Waals surface area contributed by atoms with Gasteiger partial charge in [0.2, 0.25) is 0 Å². The summed E-state index contributed by atoms with van der Waals surface area (Å²) in [4.78, 5) is 0. The molecule has 612 valence electrons. The van der Waals surface area contributed by atoms with Crippen LogP contribution in [0.4, 0.5) is 0 Å². The quantitative estimate of drug-likeness (QED) is 0.0333. The van der Waals surface area contributed by atoms with Crippen LogP contribution in [-0.4, -0.2) is 129 Å². The molecular weight excluding hydrogens is 1450 g/mol. The number of hydrogen-bond donors (Lipinski definition) is 0. The van der Waals surface area contributed by atoms with Crippen LogP contribution in [0.2, 0.25) is 0 Å². The first-order valence-electron chi connectivity index (χ1n) is 42.7. The standard InChI is InChI=1S/C99H120O16/c1-6-27-81(97-49-45-92(113-97)78(62-105-58-70-30-13-8-14-31-70)83(97)53-74-37-20-24-41-88(74)109-66-101-3)95(99-51-47-94(115-99)80(64-107-60-72-34-17-10-18-35-72)85(99)55-76-39-22-26-43-90(76)111-68-103-5)86(98-50-46-93(114-98)79(63-106-59-71-32-15-9-16-33-71)84(98)54-75-38-21-25-42-89(75)110-67-102-4)56-96-48-44-91(112-96)77(61-104-57-69-28-11-7-12-29-69)82(96)52-73-36-19-23-40-87(73)108-65-100-2/h7-26,28-43,77-86,91-95H,6,27,44-68H2,1-5H3. The van der Waals surface area contributed by atoms with E-state index in [1.165, 1.54) is 0 Å². The van der Waals surface area contributed by atoms with E-state index in [4.69, 9.17) is 75.8 Å². The summed E-state index contributed by atoms with van der Waals surface area (Å²) in [5.74, 6) is 2.41. The van der Waals surface area contributed by atoms with E-state index >= 15 is 0 Å². The minimum Gasteiger partial charge on any atom is -0.467 e. The lowest BCUT2D eigenvalue weighted by molar-refractivity contribution is -0.204. The maximum absolute atomic E-state index is 8.76. The van der Waals surface area contributed by atoms with Gasteiger partial charge in [0.1, 0.15) is 23.0 Å². The van der Waals surface area contributed by atoms with Crippen LogP contribution in [0.25, 0.3) is 0 Å². The molecule has 0 saturated carbocycles. The van der Waals surface area contributed by atoms with Crippen molar-refractivity contribution in [3.63, 3.8) is 0 Å². The molecule has 8 aromatic carbocycles. The second-order valence-corrected chi connectivity index (χ2v) is 34.0. The molecule has 16 nitrogen and oxygen atoms in total. The Morgan fingerprint density at radius 3 is 0.965 bits per heavy atom. The van der Waals surface area contributed by atoms with Crippen LogP contribution in [0.3, 0.4) is 0 Å². The van der Waals surface area contributed by atoms with E-state index in [2.05, 4.69) is 225 Å². The highest BCUT2D eigenvalue weighted by Crippen LogP contribution is 2.72. The van der Waals surface area contributed by atoms with E-state index in [0.717, 1.165) is 132 Å². The van der Waals surface area contributed by atoms with Crippen LogP contribution in [0.1, 0.15) is 122 Å². The van der Waals surface area contributed by atoms with Gasteiger partial charge in [0.05, 0.1) is 99.7 Å². The van der Waals surface area contributed by atoms with Crippen LogP contribution >= 0.6 is 0 Å². The van der Waals surface area contributed by atoms with Crippen molar-refractivity contribution in [2.45, 2.75) is 176 Å². The second-order valence-electron chi connectivity index (χ2n) is 34.0. The number of ether oxygens (including phenoxy) is 16. The maximum atomic E-state index is 8.76. The lowest BCUT2D eigenvalue weighted by Crippen LogP contribution is -2.64. The summed E-state index contributed by atoms with van der Waals surface area (Å²) < 4.78 is 113. The van der Waals surface area contributed by atoms with Gasteiger partial charge in [-0.05, 0) is 200 Å². The van der Waals surface area contributed by atoms with E-state index < -0.39 is 22.4 Å². The van der Waals surface area contributed by atoms with Gasteiger partial charge in [-0.25, -0.2) is 0 Å². The smallest absolute Gasteiger partial charge is 0.188 e. The first kappa shape index (κ1) is 81.2. The average molecular weight is 1570 g/mol. The second kappa shape index (κ2) is 38.0. The van der Waals surface area contributed by atoms with Gasteiger partial charge in [-0.2, -0.15) is 0 Å². The molecule has 0 spiro atoms. The number of hydrogen-bond acceptors (Lipinski definition) is 16. The summed E-state index contributed by atoms with van der Waals surface area (Å²) in [6.45, 7) is 6.90. The summed E-state index contributed by atoms with van der Waals surface area (Å²) >= 11 is 0. The predicted molar refractivity (Wildman–Crippen MR) is 440 cm³/mol. The third-order valence-electron chi connectivity index (χ3n) is 27.9. The summed E-state index contributed by atoms with van der Waals surface area (Å²) in [5, 5.41) is 0. The van der Waals surface area contributed by atoms with Crippen molar-refractivity contribution in [2.24, 2.45) is 65.1 Å². The fraction of sp³-hybridized carbons (Fsp3) is 0.515. The maximum Gasteiger partial charge on any atom is 0.188 e. The number of rotatable bonds is 45. The van der Waals surface area contributed by atoms with E-state index in [1.807, 2.05) is 0 Å². The molecule has 19 atom stereocenters. The highest BCUT2D eigenvalue weighted by Gasteiger charge is 2.76. The number of para-hydroxylation sites is 4. The molecule has 8 aromatic rings. The Balaban J connectivity index is 0.935. The fourth-order valence-electron chi connectivity index (χ4n) is 23.2. The van der Waals surface area contributed by atoms with Crippen LogP contribution < -0.4 is 18.9 Å². The first-order chi connectivity index (χ1) is 56.7. The van der Waals surface area contributed by atoms with Gasteiger partial charge in [0.25, 0.3) is 0 Å². The molecule has 8 aliphatic rings. The SMILES string of the molecule is CCCC(C(C(CC12CCC(O1)C(COCc1ccccc1)C2Cc1ccccc1OCOC)C12CCC(O1)C(COCc1ccccc1)C2Cc1ccccc1OCOC)C12CCC(O1)C(COCc1ccccc1)C2Cc1ccccc1OCOC)C12CCC(O1)C(COCc1ccccc1)C2Cc1ccccc1OCOC. The van der Waals surface area contributed by atoms with Crippen molar-refractivity contribution in [2.75, 3.05) is 82.0 Å². The van der Waals surface area contributed by atoms with E-state index in [1.54, 1.807) is 28.4 Å². The van der Waals surface area contributed by atoms with Gasteiger partial charge in [-0.15, -0.1) is 0 Å². The zero-order chi connectivity index (χ0) is 78.4. The molecule has 0 N–H and O–H groups in total. The van der Waals surface area contributed by atoms with Crippen LogP contribution in [0.15, 0.2) is 218 Å². The third-order valence-corrected chi connectivity index (χ3v) is 27.9. The zero-order valence-corrected chi connectivity index (χ0v) is 68.1. The van der Waals surface area contributed by atoms with E-state index in [0.29, 0.717) is 85.0 Å². The molecule has 16 rings (SSSR count). The fourth-order valence-corrected chi connectivity index (χ4v) is 23.2. The van der Waals surface area contributed by atoms with Crippen LogP contribution in [0, 0.1) is 65.1 Å². The summed E-state index contributed by atoms with van der Waals surface area (Å²) in [6.07, 6.45) is 11.6. The van der Waals surface area contributed by atoms with Crippen LogP contribution in [-0.2, 0) is 109 Å². The first-order valence-corrected chi connectivity index (χ1v) is 42.7. The van der Waals surface area contributed by atoms with Gasteiger partial charge in [0, 0.05) is 52.1 Å². The van der Waals surface area contributed by atoms with Crippen molar-refractivity contribution in [1.82, 2.24) is 0 Å². The van der Waals surface area contributed by atoms with Crippen molar-refractivity contribution in [3.8, 4) is 23.0 Å². The van der Waals surface area contributed by atoms with Gasteiger partial charge in [0.15, 0.2) is 27.2 Å². The molecule has 8 saturated heterocycles. The Labute approximate surface area is 681 Å². The Morgan fingerprint density at radius 2 is 0.609 bits per heavy atom. The van der Waals surface area contributed by atoms with Crippen LogP contribution in [0.5, 0.6) is 23.0 Å². The normalized spacial score (nSPS) is 29.5. The van der Waals surface area contributed by atoms with Crippen molar-refractivity contribution >= 4 is 0 Å². The van der Waals surface area contributed by atoms with Gasteiger partial charge < -0.3 is 75.8 Å². The highest BCUT2D eigenvalue weighted by molar-refractivity contribution is 5.40. The lowest BCUT2D eigenvalue weighted by Gasteiger charge is -2.59. The molecule has 8 fully saturated rings. The Kier molecular flexibility index (Phi) is 26.9. The summed E-state index contributed by atoms with van der Waals surface area (Å²) in [7, 11) is 6.79. The monoisotopic (exact) mass is 1560 g/mol. The summed E-state index contributed by atoms with van der Waals surface area (Å²) in [5.41, 5.74) is 5.99. The molecule has 19 unspecified atom stereocenters. The van der Waals surface area contributed by atoms with Crippen molar-refractivity contribution < 1.29 is 75.8 Å². The van der Waals surface area contributed by atoms with E-state index in [-0.39, 0.29) is 117 Å². The molecule has 8 heterocycles. The molecule has 115 heavy (non-hydrogen) atoms. The van der Waals surface area contributed by atoms with E-state index in [9.17, 15) is 0 Å². The lowest BCUT2D eigenvalue weighted by atomic mass is 9.47. The molecular formula is C99H120O16. The highest BCUT2D eigenvalue weighted by atomic mass is 16.7. The van der Waals surface area contributed by atoms with Gasteiger partial charge in [-0.1, -0.05) is 207 Å².